The number of para-hydroxylation sites is 1. The number of hydrogen-bond donors (Lipinski definition) is 3. The van der Waals surface area contributed by atoms with Crippen LogP contribution in [0.1, 0.15) is 43.0 Å². The van der Waals surface area contributed by atoms with Crippen LogP contribution in [0.25, 0.3) is 0 Å². The minimum atomic E-state index is -0.693. The summed E-state index contributed by atoms with van der Waals surface area (Å²) in [7, 11) is 1.32. The van der Waals surface area contributed by atoms with E-state index >= 15 is 0 Å². The fourth-order valence-electron chi connectivity index (χ4n) is 3.98. The highest BCUT2D eigenvalue weighted by atomic mass is 16.5. The van der Waals surface area contributed by atoms with Crippen molar-refractivity contribution >= 4 is 29.4 Å². The number of carbonyl (C=O) groups excluding carboxylic acids is 3. The number of urea groups is 2. The van der Waals surface area contributed by atoms with Gasteiger partial charge in [-0.3, -0.25) is 4.90 Å². The van der Waals surface area contributed by atoms with Crippen molar-refractivity contribution in [2.45, 2.75) is 40.2 Å². The number of allylic oxidation sites excluding steroid dienone is 1. The third-order valence-corrected chi connectivity index (χ3v) is 5.65. The highest BCUT2D eigenvalue weighted by Crippen LogP contribution is 2.32. The van der Waals surface area contributed by atoms with Gasteiger partial charge in [-0.25, -0.2) is 14.4 Å². The summed E-state index contributed by atoms with van der Waals surface area (Å²) in [5.74, 6) is -0.510. The van der Waals surface area contributed by atoms with E-state index in [0.29, 0.717) is 29.1 Å². The molecule has 33 heavy (non-hydrogen) atoms. The van der Waals surface area contributed by atoms with Gasteiger partial charge in [-0.15, -0.1) is 0 Å². The standard InChI is InChI=1S/C25H30N4O4/c1-6-13-29-17(4)20(23(30)33-5)22(28-25(29)32)18-11-8-12-19(14-18)26-24(31)27-21-15(2)9-7-10-16(21)3/h7-12,14,22H,6,13H2,1-5H3,(H,28,32)(H2,26,27,31). The Bertz CT molecular complexity index is 1090. The van der Waals surface area contributed by atoms with Gasteiger partial charge < -0.3 is 20.7 Å². The molecule has 8 heteroatoms. The number of benzene rings is 2. The van der Waals surface area contributed by atoms with Crippen molar-refractivity contribution in [3.05, 3.63) is 70.4 Å². The van der Waals surface area contributed by atoms with Crippen LogP contribution in [-0.2, 0) is 9.53 Å². The Labute approximate surface area is 194 Å². The molecule has 1 aliphatic rings. The van der Waals surface area contributed by atoms with Crippen LogP contribution in [0.2, 0.25) is 0 Å². The van der Waals surface area contributed by atoms with Crippen molar-refractivity contribution in [2.75, 3.05) is 24.3 Å². The molecule has 1 unspecified atom stereocenters. The number of ether oxygens (including phenoxy) is 1. The van der Waals surface area contributed by atoms with Crippen molar-refractivity contribution in [3.63, 3.8) is 0 Å². The Morgan fingerprint density at radius 2 is 1.73 bits per heavy atom. The van der Waals surface area contributed by atoms with Crippen LogP contribution in [0, 0.1) is 13.8 Å². The van der Waals surface area contributed by atoms with Crippen molar-refractivity contribution in [3.8, 4) is 0 Å². The number of aryl methyl sites for hydroxylation is 2. The van der Waals surface area contributed by atoms with Crippen molar-refractivity contribution < 1.29 is 19.1 Å². The molecule has 8 nitrogen and oxygen atoms in total. The van der Waals surface area contributed by atoms with Gasteiger partial charge in [-0.05, 0) is 56.0 Å². The predicted molar refractivity (Wildman–Crippen MR) is 128 cm³/mol. The normalized spacial score (nSPS) is 15.7. The number of nitrogens with zero attached hydrogens (tertiary/aromatic N) is 1. The molecule has 0 bridgehead atoms. The van der Waals surface area contributed by atoms with Crippen LogP contribution >= 0.6 is 0 Å². The lowest BCUT2D eigenvalue weighted by Gasteiger charge is -2.35. The summed E-state index contributed by atoms with van der Waals surface area (Å²) in [6.07, 6.45) is 0.749. The minimum absolute atomic E-state index is 0.280. The molecule has 174 valence electrons. The summed E-state index contributed by atoms with van der Waals surface area (Å²) in [6.45, 7) is 8.06. The monoisotopic (exact) mass is 450 g/mol. The predicted octanol–water partition coefficient (Wildman–Crippen LogP) is 4.87. The Balaban J connectivity index is 1.88. The van der Waals surface area contributed by atoms with Gasteiger partial charge in [0.15, 0.2) is 0 Å². The van der Waals surface area contributed by atoms with Gasteiger partial charge in [0, 0.05) is 23.6 Å². The molecule has 4 amide bonds. The van der Waals surface area contributed by atoms with Gasteiger partial charge in [0.05, 0.1) is 18.7 Å². The lowest BCUT2D eigenvalue weighted by Crippen LogP contribution is -2.48. The van der Waals surface area contributed by atoms with E-state index in [1.807, 2.05) is 39.0 Å². The molecular formula is C25H30N4O4. The maximum Gasteiger partial charge on any atom is 0.337 e. The van der Waals surface area contributed by atoms with Gasteiger partial charge in [0.1, 0.15) is 0 Å². The molecular weight excluding hydrogens is 420 g/mol. The Kier molecular flexibility index (Phi) is 7.37. The van der Waals surface area contributed by atoms with Crippen LogP contribution in [0.3, 0.4) is 0 Å². The number of carbonyl (C=O) groups is 3. The number of esters is 1. The molecule has 2 aromatic carbocycles. The average Bonchev–Trinajstić information content (AvgIpc) is 2.78. The van der Waals surface area contributed by atoms with Crippen LogP contribution in [0.15, 0.2) is 53.7 Å². The van der Waals surface area contributed by atoms with E-state index in [1.54, 1.807) is 36.1 Å². The highest BCUT2D eigenvalue weighted by molar-refractivity contribution is 6.01. The third-order valence-electron chi connectivity index (χ3n) is 5.65. The Hall–Kier alpha value is -3.81. The smallest absolute Gasteiger partial charge is 0.337 e. The molecule has 0 fully saturated rings. The molecule has 0 saturated heterocycles. The highest BCUT2D eigenvalue weighted by Gasteiger charge is 2.36. The first-order chi connectivity index (χ1) is 15.8. The lowest BCUT2D eigenvalue weighted by atomic mass is 9.94. The van der Waals surface area contributed by atoms with Crippen LogP contribution in [0.5, 0.6) is 0 Å². The second-order valence-electron chi connectivity index (χ2n) is 8.00. The number of hydrogen-bond acceptors (Lipinski definition) is 4. The molecule has 2 aromatic rings. The summed E-state index contributed by atoms with van der Waals surface area (Å²) in [6, 6.07) is 11.5. The zero-order valence-corrected chi connectivity index (χ0v) is 19.6. The van der Waals surface area contributed by atoms with Crippen LogP contribution in [-0.4, -0.2) is 36.6 Å². The van der Waals surface area contributed by atoms with E-state index in [9.17, 15) is 14.4 Å². The van der Waals surface area contributed by atoms with E-state index in [1.165, 1.54) is 7.11 Å². The van der Waals surface area contributed by atoms with Gasteiger partial charge in [0.2, 0.25) is 0 Å². The van der Waals surface area contributed by atoms with E-state index in [-0.39, 0.29) is 12.1 Å². The topological polar surface area (TPSA) is 99.8 Å². The number of amides is 4. The molecule has 1 aliphatic heterocycles. The number of nitrogens with one attached hydrogen (secondary N) is 3. The molecule has 0 radical (unpaired) electrons. The fraction of sp³-hybridized carbons (Fsp3) is 0.320. The van der Waals surface area contributed by atoms with Gasteiger partial charge >= 0.3 is 18.0 Å². The van der Waals surface area contributed by atoms with Gasteiger partial charge in [-0.2, -0.15) is 0 Å². The summed E-state index contributed by atoms with van der Waals surface area (Å²) in [5.41, 5.74) is 4.79. The fourth-order valence-corrected chi connectivity index (χ4v) is 3.98. The summed E-state index contributed by atoms with van der Waals surface area (Å²) < 4.78 is 5.00. The number of rotatable bonds is 6. The summed E-state index contributed by atoms with van der Waals surface area (Å²) >= 11 is 0. The zero-order chi connectivity index (χ0) is 24.1. The van der Waals surface area contributed by atoms with Gasteiger partial charge in [0.25, 0.3) is 0 Å². The summed E-state index contributed by atoms with van der Waals surface area (Å²) in [4.78, 5) is 39.5. The Morgan fingerprint density at radius 3 is 2.36 bits per heavy atom. The molecule has 0 aliphatic carbocycles. The first kappa shape index (κ1) is 23.8. The number of methoxy groups -OCH3 is 1. The largest absolute Gasteiger partial charge is 0.466 e. The second kappa shape index (κ2) is 10.2. The molecule has 0 spiro atoms. The van der Waals surface area contributed by atoms with Crippen molar-refractivity contribution in [1.82, 2.24) is 10.2 Å². The van der Waals surface area contributed by atoms with Crippen molar-refractivity contribution in [2.24, 2.45) is 0 Å². The quantitative estimate of drug-likeness (QED) is 0.547. The second-order valence-corrected chi connectivity index (χ2v) is 8.00. The molecule has 1 heterocycles. The van der Waals surface area contributed by atoms with E-state index in [4.69, 9.17) is 4.74 Å². The Morgan fingerprint density at radius 1 is 1.06 bits per heavy atom. The first-order valence-electron chi connectivity index (χ1n) is 10.9. The van der Waals surface area contributed by atoms with E-state index in [0.717, 1.165) is 23.2 Å². The van der Waals surface area contributed by atoms with E-state index in [2.05, 4.69) is 16.0 Å². The molecule has 3 N–H and O–H groups in total. The minimum Gasteiger partial charge on any atom is -0.466 e. The molecule has 0 aromatic heterocycles. The number of anilines is 2. The average molecular weight is 451 g/mol. The third kappa shape index (κ3) is 5.16. The van der Waals surface area contributed by atoms with E-state index < -0.39 is 12.0 Å². The van der Waals surface area contributed by atoms with Crippen LogP contribution < -0.4 is 16.0 Å². The SMILES string of the molecule is CCCN1C(=O)NC(c2cccc(NC(=O)Nc3c(C)cccc3C)c2)C(C(=O)OC)=C1C. The maximum absolute atomic E-state index is 12.7. The van der Waals surface area contributed by atoms with Crippen molar-refractivity contribution in [1.29, 1.82) is 0 Å². The molecule has 0 saturated carbocycles. The molecule has 1 atom stereocenters. The molecule has 3 rings (SSSR count). The van der Waals surface area contributed by atoms with Gasteiger partial charge in [-0.1, -0.05) is 37.3 Å². The lowest BCUT2D eigenvalue weighted by molar-refractivity contribution is -0.136. The first-order valence-corrected chi connectivity index (χ1v) is 10.9. The summed E-state index contributed by atoms with van der Waals surface area (Å²) in [5, 5.41) is 8.61. The van der Waals surface area contributed by atoms with Crippen LogP contribution in [0.4, 0.5) is 21.0 Å². The zero-order valence-electron chi connectivity index (χ0n) is 19.6. The maximum atomic E-state index is 12.7.